The second-order valence-electron chi connectivity index (χ2n) is 7.14. The minimum Gasteiger partial charge on any atom is -0.438 e. The van der Waals surface area contributed by atoms with Crippen LogP contribution in [-0.4, -0.2) is 43.2 Å². The fourth-order valence-electron chi connectivity index (χ4n) is 3.11. The Morgan fingerprint density at radius 1 is 1.25 bits per heavy atom. The zero-order valence-corrected chi connectivity index (χ0v) is 15.8. The maximum Gasteiger partial charge on any atom is 0.415 e. The molecule has 1 heterocycles. The molecule has 1 unspecified atom stereocenters. The minimum absolute atomic E-state index is 0.158. The Morgan fingerprint density at radius 2 is 2.00 bits per heavy atom. The van der Waals surface area contributed by atoms with Gasteiger partial charge in [-0.05, 0) is 49.2 Å². The number of aliphatic hydroxyl groups excluding tert-OH is 1. The molecule has 7 heteroatoms. The molecule has 0 aromatic heterocycles. The molecule has 150 valence electrons. The summed E-state index contributed by atoms with van der Waals surface area (Å²) < 4.78 is 32.0. The summed E-state index contributed by atoms with van der Waals surface area (Å²) in [7, 11) is 0. The number of aliphatic hydroxyl groups is 1. The second-order valence-corrected chi connectivity index (χ2v) is 7.14. The molecule has 5 nitrogen and oxygen atoms in total. The van der Waals surface area contributed by atoms with Gasteiger partial charge >= 0.3 is 6.09 Å². The summed E-state index contributed by atoms with van der Waals surface area (Å²) in [5, 5.41) is 12.5. The summed E-state index contributed by atoms with van der Waals surface area (Å²) in [6, 6.07) is 12.0. The number of nitrogens with zero attached hydrogens (tertiary/aromatic N) is 1. The molecule has 0 aliphatic carbocycles. The van der Waals surface area contributed by atoms with E-state index in [4.69, 9.17) is 4.74 Å². The SMILES string of the molecule is CC1(CO)CN(c2ccc(-c3ccc(CNCCCF)cc3)c(F)c2)C(=O)O1. The van der Waals surface area contributed by atoms with Crippen LogP contribution in [-0.2, 0) is 11.3 Å². The van der Waals surface area contributed by atoms with Crippen LogP contribution in [0.15, 0.2) is 42.5 Å². The monoisotopic (exact) mass is 390 g/mol. The summed E-state index contributed by atoms with van der Waals surface area (Å²) >= 11 is 0. The number of amides is 1. The third-order valence-corrected chi connectivity index (χ3v) is 4.73. The van der Waals surface area contributed by atoms with Crippen LogP contribution in [0.1, 0.15) is 18.9 Å². The van der Waals surface area contributed by atoms with Gasteiger partial charge in [-0.15, -0.1) is 0 Å². The van der Waals surface area contributed by atoms with Gasteiger partial charge in [0.1, 0.15) is 5.82 Å². The quantitative estimate of drug-likeness (QED) is 0.676. The number of rotatable bonds is 8. The van der Waals surface area contributed by atoms with Crippen molar-refractivity contribution in [2.75, 3.05) is 31.3 Å². The number of cyclic esters (lactones) is 1. The molecule has 1 aliphatic rings. The Kier molecular flexibility index (Phi) is 6.26. The van der Waals surface area contributed by atoms with Crippen LogP contribution in [0.3, 0.4) is 0 Å². The van der Waals surface area contributed by atoms with Crippen molar-refractivity contribution in [1.82, 2.24) is 5.32 Å². The van der Waals surface area contributed by atoms with Crippen molar-refractivity contribution in [2.45, 2.75) is 25.5 Å². The zero-order valence-electron chi connectivity index (χ0n) is 15.8. The lowest BCUT2D eigenvalue weighted by molar-refractivity contribution is 0.0219. The molecule has 2 N–H and O–H groups in total. The minimum atomic E-state index is -0.986. The third-order valence-electron chi connectivity index (χ3n) is 4.73. The first-order chi connectivity index (χ1) is 13.5. The average molecular weight is 390 g/mol. The number of nitrogens with one attached hydrogen (secondary N) is 1. The first-order valence-corrected chi connectivity index (χ1v) is 9.23. The number of benzene rings is 2. The molecule has 1 atom stereocenters. The Hall–Kier alpha value is -2.51. The Balaban J connectivity index is 1.71. The molecule has 2 aromatic carbocycles. The van der Waals surface area contributed by atoms with Crippen molar-refractivity contribution in [3.05, 3.63) is 53.8 Å². The zero-order chi connectivity index (χ0) is 20.1. The highest BCUT2D eigenvalue weighted by atomic mass is 19.1. The highest BCUT2D eigenvalue weighted by molar-refractivity contribution is 5.90. The topological polar surface area (TPSA) is 61.8 Å². The van der Waals surface area contributed by atoms with Crippen molar-refractivity contribution in [1.29, 1.82) is 0 Å². The van der Waals surface area contributed by atoms with Crippen LogP contribution in [0, 0.1) is 5.82 Å². The molecule has 1 saturated heterocycles. The van der Waals surface area contributed by atoms with Gasteiger partial charge < -0.3 is 15.2 Å². The van der Waals surface area contributed by atoms with Gasteiger partial charge in [0.25, 0.3) is 0 Å². The van der Waals surface area contributed by atoms with E-state index < -0.39 is 17.5 Å². The van der Waals surface area contributed by atoms with E-state index in [9.17, 15) is 18.7 Å². The first kappa shape index (κ1) is 20.2. The molecule has 0 saturated carbocycles. The van der Waals surface area contributed by atoms with E-state index in [0.29, 0.717) is 30.8 Å². The number of hydrogen-bond acceptors (Lipinski definition) is 4. The van der Waals surface area contributed by atoms with E-state index in [0.717, 1.165) is 11.1 Å². The van der Waals surface area contributed by atoms with Gasteiger partial charge in [0.2, 0.25) is 0 Å². The fraction of sp³-hybridized carbons (Fsp3) is 0.381. The molecular weight excluding hydrogens is 366 g/mol. The molecular formula is C21H24F2N2O3. The lowest BCUT2D eigenvalue weighted by atomic mass is 10.0. The van der Waals surface area contributed by atoms with Crippen molar-refractivity contribution in [3.63, 3.8) is 0 Å². The summed E-state index contributed by atoms with van der Waals surface area (Å²) in [4.78, 5) is 13.3. The summed E-state index contributed by atoms with van der Waals surface area (Å²) in [6.07, 6.45) is -0.120. The molecule has 0 radical (unpaired) electrons. The maximum absolute atomic E-state index is 14.7. The summed E-state index contributed by atoms with van der Waals surface area (Å²) in [5.41, 5.74) is 1.58. The Labute approximate surface area is 162 Å². The van der Waals surface area contributed by atoms with Crippen molar-refractivity contribution in [2.24, 2.45) is 0 Å². The summed E-state index contributed by atoms with van der Waals surface area (Å²) in [5.74, 6) is -0.447. The predicted molar refractivity (Wildman–Crippen MR) is 103 cm³/mol. The predicted octanol–water partition coefficient (Wildman–Crippen LogP) is 3.65. The summed E-state index contributed by atoms with van der Waals surface area (Å²) in [6.45, 7) is 2.39. The Bertz CT molecular complexity index is 829. The van der Waals surface area contributed by atoms with Crippen LogP contribution < -0.4 is 10.2 Å². The van der Waals surface area contributed by atoms with Gasteiger partial charge in [-0.1, -0.05) is 24.3 Å². The van der Waals surface area contributed by atoms with E-state index in [2.05, 4.69) is 5.32 Å². The first-order valence-electron chi connectivity index (χ1n) is 9.23. The molecule has 1 fully saturated rings. The Morgan fingerprint density at radius 3 is 2.61 bits per heavy atom. The molecule has 3 rings (SSSR count). The number of alkyl halides is 1. The van der Waals surface area contributed by atoms with E-state index in [-0.39, 0.29) is 19.8 Å². The molecule has 1 aliphatic heterocycles. The van der Waals surface area contributed by atoms with Gasteiger partial charge in [-0.25, -0.2) is 9.18 Å². The fourth-order valence-corrected chi connectivity index (χ4v) is 3.11. The van der Waals surface area contributed by atoms with Gasteiger partial charge in [-0.2, -0.15) is 0 Å². The number of carbonyl (C=O) groups excluding carboxylic acids is 1. The molecule has 2 aromatic rings. The van der Waals surface area contributed by atoms with E-state index in [1.54, 1.807) is 19.1 Å². The number of carbonyl (C=O) groups is 1. The second kappa shape index (κ2) is 8.67. The number of halogens is 2. The van der Waals surface area contributed by atoms with Crippen LogP contribution >= 0.6 is 0 Å². The highest BCUT2D eigenvalue weighted by Gasteiger charge is 2.41. The van der Waals surface area contributed by atoms with E-state index >= 15 is 0 Å². The van der Waals surface area contributed by atoms with Crippen LogP contribution in [0.25, 0.3) is 11.1 Å². The number of anilines is 1. The molecule has 0 bridgehead atoms. The lowest BCUT2D eigenvalue weighted by Gasteiger charge is -2.18. The lowest BCUT2D eigenvalue weighted by Crippen LogP contribution is -2.34. The number of ether oxygens (including phenoxy) is 1. The molecule has 1 amide bonds. The van der Waals surface area contributed by atoms with Crippen LogP contribution in [0.4, 0.5) is 19.3 Å². The average Bonchev–Trinajstić information content (AvgIpc) is 3.01. The van der Waals surface area contributed by atoms with Crippen molar-refractivity contribution >= 4 is 11.8 Å². The standard InChI is InChI=1S/C21H24F2N2O3/c1-21(14-26)13-25(20(27)28-21)17-7-8-18(19(23)11-17)16-5-3-15(4-6-16)12-24-10-2-9-22/h3-8,11,24,26H,2,9-10,12-14H2,1H3. The van der Waals surface area contributed by atoms with Crippen molar-refractivity contribution in [3.8, 4) is 11.1 Å². The maximum atomic E-state index is 14.7. The highest BCUT2D eigenvalue weighted by Crippen LogP contribution is 2.31. The van der Waals surface area contributed by atoms with Crippen molar-refractivity contribution < 1.29 is 23.4 Å². The van der Waals surface area contributed by atoms with Gasteiger partial charge in [0, 0.05) is 12.1 Å². The molecule has 28 heavy (non-hydrogen) atoms. The third kappa shape index (κ3) is 4.48. The van der Waals surface area contributed by atoms with E-state index in [1.807, 2.05) is 24.3 Å². The normalized spacial score (nSPS) is 19.1. The van der Waals surface area contributed by atoms with Crippen LogP contribution in [0.5, 0.6) is 0 Å². The van der Waals surface area contributed by atoms with Gasteiger partial charge in [0.15, 0.2) is 5.60 Å². The van der Waals surface area contributed by atoms with Crippen LogP contribution in [0.2, 0.25) is 0 Å². The van der Waals surface area contributed by atoms with Gasteiger partial charge in [-0.3, -0.25) is 9.29 Å². The molecule has 0 spiro atoms. The van der Waals surface area contributed by atoms with Gasteiger partial charge in [0.05, 0.1) is 25.5 Å². The van der Waals surface area contributed by atoms with E-state index in [1.165, 1.54) is 11.0 Å². The number of hydrogen-bond donors (Lipinski definition) is 2. The smallest absolute Gasteiger partial charge is 0.415 e. The largest absolute Gasteiger partial charge is 0.438 e.